The zero-order valence-electron chi connectivity index (χ0n) is 10.8. The summed E-state index contributed by atoms with van der Waals surface area (Å²) in [7, 11) is 1.91. The molecule has 1 aliphatic carbocycles. The first-order chi connectivity index (χ1) is 8.68. The first-order valence-electron chi connectivity index (χ1n) is 6.67. The topological polar surface area (TPSA) is 20.3 Å². The normalized spacial score (nSPS) is 16.8. The molecule has 0 saturated heterocycles. The number of amides is 1. The number of halogens is 1. The minimum absolute atomic E-state index is 0.146. The number of hydrogen-bond acceptors (Lipinski definition) is 2. The summed E-state index contributed by atoms with van der Waals surface area (Å²) in [5.74, 6) is 0.980. The van der Waals surface area contributed by atoms with Gasteiger partial charge < -0.3 is 4.90 Å². The van der Waals surface area contributed by atoms with E-state index in [1.807, 2.05) is 23.4 Å². The fourth-order valence-corrected chi connectivity index (χ4v) is 4.11. The average Bonchev–Trinajstić information content (AvgIpc) is 2.82. The van der Waals surface area contributed by atoms with Gasteiger partial charge in [0.15, 0.2) is 0 Å². The van der Waals surface area contributed by atoms with Crippen LogP contribution in [0.5, 0.6) is 0 Å². The maximum atomic E-state index is 12.2. The van der Waals surface area contributed by atoms with Crippen molar-refractivity contribution in [1.82, 2.24) is 4.90 Å². The van der Waals surface area contributed by atoms with Crippen LogP contribution in [0.3, 0.4) is 0 Å². The van der Waals surface area contributed by atoms with E-state index >= 15 is 0 Å². The maximum Gasteiger partial charge on any atom is 0.264 e. The van der Waals surface area contributed by atoms with E-state index in [1.165, 1.54) is 43.4 Å². The Kier molecular flexibility index (Phi) is 5.25. The standard InChI is InChI=1S/C14H20BrNOS/c1-16(9-7-11-5-3-2-4-6-11)14(17)13-12(15)8-10-18-13/h8,10-11H,2-7,9H2,1H3. The Morgan fingerprint density at radius 3 is 2.78 bits per heavy atom. The number of nitrogens with zero attached hydrogens (tertiary/aromatic N) is 1. The van der Waals surface area contributed by atoms with Crippen LogP contribution in [0.1, 0.15) is 48.2 Å². The number of carbonyl (C=O) groups is 1. The maximum absolute atomic E-state index is 12.2. The zero-order valence-corrected chi connectivity index (χ0v) is 13.2. The molecule has 2 rings (SSSR count). The highest BCUT2D eigenvalue weighted by Crippen LogP contribution is 2.27. The van der Waals surface area contributed by atoms with Crippen LogP contribution >= 0.6 is 27.3 Å². The third-order valence-electron chi connectivity index (χ3n) is 3.76. The van der Waals surface area contributed by atoms with Crippen molar-refractivity contribution in [1.29, 1.82) is 0 Å². The van der Waals surface area contributed by atoms with Crippen LogP contribution in [0, 0.1) is 5.92 Å². The lowest BCUT2D eigenvalue weighted by molar-refractivity contribution is 0.0788. The van der Waals surface area contributed by atoms with Gasteiger partial charge >= 0.3 is 0 Å². The van der Waals surface area contributed by atoms with Gasteiger partial charge in [-0.2, -0.15) is 0 Å². The lowest BCUT2D eigenvalue weighted by Crippen LogP contribution is -2.28. The molecule has 100 valence electrons. The molecule has 0 bridgehead atoms. The minimum Gasteiger partial charge on any atom is -0.341 e. The Hall–Kier alpha value is -0.350. The van der Waals surface area contributed by atoms with Gasteiger partial charge in [0.25, 0.3) is 5.91 Å². The lowest BCUT2D eigenvalue weighted by atomic mass is 9.87. The van der Waals surface area contributed by atoms with Crippen molar-refractivity contribution in [2.75, 3.05) is 13.6 Å². The molecule has 1 saturated carbocycles. The fourth-order valence-electron chi connectivity index (χ4n) is 2.57. The summed E-state index contributed by atoms with van der Waals surface area (Å²) in [6.07, 6.45) is 8.01. The average molecular weight is 330 g/mol. The Morgan fingerprint density at radius 2 is 2.17 bits per heavy atom. The molecule has 1 heterocycles. The molecule has 1 fully saturated rings. The molecule has 1 amide bonds. The van der Waals surface area contributed by atoms with Gasteiger partial charge in [-0.15, -0.1) is 11.3 Å². The van der Waals surface area contributed by atoms with Gasteiger partial charge in [0.1, 0.15) is 4.88 Å². The monoisotopic (exact) mass is 329 g/mol. The number of thiophene rings is 1. The van der Waals surface area contributed by atoms with Crippen LogP contribution in [-0.4, -0.2) is 24.4 Å². The zero-order chi connectivity index (χ0) is 13.0. The van der Waals surface area contributed by atoms with Gasteiger partial charge in [-0.25, -0.2) is 0 Å². The van der Waals surface area contributed by atoms with E-state index in [9.17, 15) is 4.79 Å². The first-order valence-corrected chi connectivity index (χ1v) is 8.34. The highest BCUT2D eigenvalue weighted by atomic mass is 79.9. The van der Waals surface area contributed by atoms with Crippen molar-refractivity contribution in [3.8, 4) is 0 Å². The quantitative estimate of drug-likeness (QED) is 0.793. The van der Waals surface area contributed by atoms with Gasteiger partial charge in [-0.05, 0) is 39.7 Å². The van der Waals surface area contributed by atoms with E-state index in [1.54, 1.807) is 0 Å². The molecule has 0 spiro atoms. The van der Waals surface area contributed by atoms with Crippen molar-refractivity contribution >= 4 is 33.2 Å². The molecule has 0 aliphatic heterocycles. The third-order valence-corrected chi connectivity index (χ3v) is 5.58. The Labute approximate surface area is 122 Å². The van der Waals surface area contributed by atoms with Crippen molar-refractivity contribution in [2.24, 2.45) is 5.92 Å². The van der Waals surface area contributed by atoms with Crippen molar-refractivity contribution in [2.45, 2.75) is 38.5 Å². The molecular weight excluding hydrogens is 310 g/mol. The van der Waals surface area contributed by atoms with Crippen molar-refractivity contribution < 1.29 is 4.79 Å². The molecule has 0 atom stereocenters. The molecule has 2 nitrogen and oxygen atoms in total. The second-order valence-corrected chi connectivity index (χ2v) is 6.89. The Balaban J connectivity index is 1.82. The van der Waals surface area contributed by atoms with E-state index in [0.717, 1.165) is 28.2 Å². The molecule has 0 N–H and O–H groups in total. The van der Waals surface area contributed by atoms with Crippen LogP contribution in [0.2, 0.25) is 0 Å². The summed E-state index contributed by atoms with van der Waals surface area (Å²) < 4.78 is 0.919. The molecule has 0 aromatic carbocycles. The third kappa shape index (κ3) is 3.58. The molecule has 1 aromatic heterocycles. The van der Waals surface area contributed by atoms with E-state index in [4.69, 9.17) is 0 Å². The molecular formula is C14H20BrNOS. The van der Waals surface area contributed by atoms with Gasteiger partial charge in [-0.3, -0.25) is 4.79 Å². The fraction of sp³-hybridized carbons (Fsp3) is 0.643. The van der Waals surface area contributed by atoms with Crippen LogP contribution in [0.25, 0.3) is 0 Å². The van der Waals surface area contributed by atoms with E-state index < -0.39 is 0 Å². The Morgan fingerprint density at radius 1 is 1.44 bits per heavy atom. The lowest BCUT2D eigenvalue weighted by Gasteiger charge is -2.24. The predicted octanol–water partition coefficient (Wildman–Crippen LogP) is 4.55. The molecule has 0 unspecified atom stereocenters. The van der Waals surface area contributed by atoms with Crippen LogP contribution in [0.15, 0.2) is 15.9 Å². The van der Waals surface area contributed by atoms with E-state index in [2.05, 4.69) is 15.9 Å². The highest BCUT2D eigenvalue weighted by molar-refractivity contribution is 9.10. The van der Waals surface area contributed by atoms with Gasteiger partial charge in [0.2, 0.25) is 0 Å². The second-order valence-electron chi connectivity index (χ2n) is 5.12. The summed E-state index contributed by atoms with van der Waals surface area (Å²) in [5.41, 5.74) is 0. The molecule has 4 heteroatoms. The van der Waals surface area contributed by atoms with Gasteiger partial charge in [0.05, 0.1) is 0 Å². The highest BCUT2D eigenvalue weighted by Gasteiger charge is 2.18. The summed E-state index contributed by atoms with van der Waals surface area (Å²) in [4.78, 5) is 14.9. The molecule has 1 aliphatic rings. The minimum atomic E-state index is 0.146. The first kappa shape index (κ1) is 14.1. The molecule has 1 aromatic rings. The number of hydrogen-bond donors (Lipinski definition) is 0. The number of carbonyl (C=O) groups excluding carboxylic acids is 1. The van der Waals surface area contributed by atoms with Gasteiger partial charge in [-0.1, -0.05) is 32.1 Å². The summed E-state index contributed by atoms with van der Waals surface area (Å²) in [6, 6.07) is 1.94. The SMILES string of the molecule is CN(CCC1CCCCC1)C(=O)c1sccc1Br. The molecule has 0 radical (unpaired) electrons. The number of rotatable bonds is 4. The van der Waals surface area contributed by atoms with Crippen LogP contribution in [-0.2, 0) is 0 Å². The molecule has 18 heavy (non-hydrogen) atoms. The van der Waals surface area contributed by atoms with E-state index in [-0.39, 0.29) is 5.91 Å². The predicted molar refractivity (Wildman–Crippen MR) is 80.2 cm³/mol. The summed E-state index contributed by atoms with van der Waals surface area (Å²) >= 11 is 4.94. The van der Waals surface area contributed by atoms with Crippen LogP contribution < -0.4 is 0 Å². The van der Waals surface area contributed by atoms with Crippen LogP contribution in [0.4, 0.5) is 0 Å². The smallest absolute Gasteiger partial charge is 0.264 e. The van der Waals surface area contributed by atoms with E-state index in [0.29, 0.717) is 0 Å². The largest absolute Gasteiger partial charge is 0.341 e. The van der Waals surface area contributed by atoms with Crippen molar-refractivity contribution in [3.63, 3.8) is 0 Å². The second kappa shape index (κ2) is 6.71. The van der Waals surface area contributed by atoms with Gasteiger partial charge in [0, 0.05) is 18.1 Å². The Bertz CT molecular complexity index is 398. The van der Waals surface area contributed by atoms with Crippen molar-refractivity contribution in [3.05, 3.63) is 20.8 Å². The summed E-state index contributed by atoms with van der Waals surface area (Å²) in [6.45, 7) is 0.883. The summed E-state index contributed by atoms with van der Waals surface area (Å²) in [5, 5.41) is 1.95.